The first-order chi connectivity index (χ1) is 12.4. The molecule has 0 aromatic heterocycles. The summed E-state index contributed by atoms with van der Waals surface area (Å²) in [5, 5.41) is 3.73. The van der Waals surface area contributed by atoms with Crippen LogP contribution < -0.4 is 5.32 Å². The van der Waals surface area contributed by atoms with Crippen molar-refractivity contribution in [1.82, 2.24) is 10.2 Å². The highest BCUT2D eigenvalue weighted by atomic mass is 35.5. The smallest absolute Gasteiger partial charge is 0.242 e. The molecule has 0 bridgehead atoms. The summed E-state index contributed by atoms with van der Waals surface area (Å²) in [6.07, 6.45) is 0.104. The molecule has 2 amide bonds. The lowest BCUT2D eigenvalue weighted by Crippen LogP contribution is -2.48. The van der Waals surface area contributed by atoms with Crippen molar-refractivity contribution in [3.8, 4) is 0 Å². The van der Waals surface area contributed by atoms with Crippen LogP contribution in [0.25, 0.3) is 0 Å². The lowest BCUT2D eigenvalue weighted by atomic mass is 10.1. The quantitative estimate of drug-likeness (QED) is 0.771. The van der Waals surface area contributed by atoms with Gasteiger partial charge in [0, 0.05) is 23.1 Å². The molecule has 0 radical (unpaired) electrons. The molecule has 6 heteroatoms. The molecule has 2 aromatic rings. The predicted octanol–water partition coefficient (Wildman–Crippen LogP) is 4.09. The first-order valence-corrected chi connectivity index (χ1v) is 9.23. The number of amides is 2. The van der Waals surface area contributed by atoms with Gasteiger partial charge in [-0.15, -0.1) is 0 Å². The minimum absolute atomic E-state index is 0.104. The van der Waals surface area contributed by atoms with Crippen molar-refractivity contribution in [2.45, 2.75) is 32.9 Å². The van der Waals surface area contributed by atoms with Gasteiger partial charge in [-0.2, -0.15) is 0 Å². The molecule has 0 aliphatic heterocycles. The molecule has 0 unspecified atom stereocenters. The number of rotatable bonds is 7. The molecule has 0 saturated heterocycles. The van der Waals surface area contributed by atoms with Gasteiger partial charge in [-0.05, 0) is 37.1 Å². The number of halogens is 2. The third-order valence-corrected chi connectivity index (χ3v) is 4.66. The maximum Gasteiger partial charge on any atom is 0.242 e. The van der Waals surface area contributed by atoms with Crippen LogP contribution >= 0.6 is 23.2 Å². The minimum atomic E-state index is -0.589. The van der Waals surface area contributed by atoms with Gasteiger partial charge in [-0.25, -0.2) is 0 Å². The van der Waals surface area contributed by atoms with Crippen LogP contribution in [0.5, 0.6) is 0 Å². The number of nitrogens with one attached hydrogen (secondary N) is 1. The van der Waals surface area contributed by atoms with E-state index in [2.05, 4.69) is 5.32 Å². The average molecular weight is 393 g/mol. The van der Waals surface area contributed by atoms with Crippen LogP contribution in [0.3, 0.4) is 0 Å². The van der Waals surface area contributed by atoms with E-state index < -0.39 is 6.04 Å². The van der Waals surface area contributed by atoms with Crippen LogP contribution in [-0.4, -0.2) is 29.3 Å². The lowest BCUT2D eigenvalue weighted by Gasteiger charge is -2.29. The molecule has 0 aliphatic carbocycles. The second-order valence-corrected chi connectivity index (χ2v) is 6.83. The maximum atomic E-state index is 13.0. The van der Waals surface area contributed by atoms with Crippen LogP contribution in [0.4, 0.5) is 0 Å². The van der Waals surface area contributed by atoms with Gasteiger partial charge in [0.25, 0.3) is 0 Å². The topological polar surface area (TPSA) is 49.4 Å². The SMILES string of the molecule is CCNC(=O)[C@@H](C)N(Cc1ccccc1)C(=O)Cc1ccc(Cl)cc1Cl. The Bertz CT molecular complexity index is 766. The molecule has 2 aromatic carbocycles. The van der Waals surface area contributed by atoms with Gasteiger partial charge < -0.3 is 10.2 Å². The van der Waals surface area contributed by atoms with Gasteiger partial charge in [-0.1, -0.05) is 59.6 Å². The summed E-state index contributed by atoms with van der Waals surface area (Å²) in [4.78, 5) is 26.8. The van der Waals surface area contributed by atoms with Gasteiger partial charge in [0.2, 0.25) is 11.8 Å². The molecule has 1 N–H and O–H groups in total. The largest absolute Gasteiger partial charge is 0.355 e. The molecular weight excluding hydrogens is 371 g/mol. The Morgan fingerprint density at radius 2 is 1.81 bits per heavy atom. The number of nitrogens with zero attached hydrogens (tertiary/aromatic N) is 1. The van der Waals surface area contributed by atoms with E-state index >= 15 is 0 Å². The van der Waals surface area contributed by atoms with E-state index in [-0.39, 0.29) is 18.2 Å². The third-order valence-electron chi connectivity index (χ3n) is 4.07. The Morgan fingerprint density at radius 3 is 2.42 bits per heavy atom. The summed E-state index contributed by atoms with van der Waals surface area (Å²) in [5.74, 6) is -0.351. The minimum Gasteiger partial charge on any atom is -0.355 e. The summed E-state index contributed by atoms with van der Waals surface area (Å²) in [5.41, 5.74) is 1.64. The number of likely N-dealkylation sites (N-methyl/N-ethyl adjacent to an activating group) is 1. The molecule has 0 heterocycles. The van der Waals surface area contributed by atoms with Gasteiger partial charge in [0.05, 0.1) is 6.42 Å². The molecular formula is C20H22Cl2N2O2. The summed E-state index contributed by atoms with van der Waals surface area (Å²) in [7, 11) is 0. The zero-order valence-electron chi connectivity index (χ0n) is 14.8. The number of hydrogen-bond donors (Lipinski definition) is 1. The molecule has 2 rings (SSSR count). The van der Waals surface area contributed by atoms with Crippen molar-refractivity contribution in [3.05, 3.63) is 69.7 Å². The molecule has 26 heavy (non-hydrogen) atoms. The van der Waals surface area contributed by atoms with Gasteiger partial charge in [0.15, 0.2) is 0 Å². The zero-order valence-corrected chi connectivity index (χ0v) is 16.3. The van der Waals surface area contributed by atoms with E-state index in [1.165, 1.54) is 0 Å². The molecule has 0 spiro atoms. The van der Waals surface area contributed by atoms with Crippen molar-refractivity contribution < 1.29 is 9.59 Å². The molecule has 1 atom stereocenters. The fourth-order valence-electron chi connectivity index (χ4n) is 2.61. The monoisotopic (exact) mass is 392 g/mol. The first-order valence-electron chi connectivity index (χ1n) is 8.47. The van der Waals surface area contributed by atoms with Crippen LogP contribution in [0.2, 0.25) is 10.0 Å². The molecule has 0 fully saturated rings. The van der Waals surface area contributed by atoms with Crippen molar-refractivity contribution in [2.24, 2.45) is 0 Å². The number of carbonyl (C=O) groups excluding carboxylic acids is 2. The van der Waals surface area contributed by atoms with Crippen molar-refractivity contribution in [2.75, 3.05) is 6.54 Å². The van der Waals surface area contributed by atoms with Crippen LogP contribution in [-0.2, 0) is 22.6 Å². The fraction of sp³-hybridized carbons (Fsp3) is 0.300. The van der Waals surface area contributed by atoms with E-state index in [9.17, 15) is 9.59 Å². The standard InChI is InChI=1S/C20H22Cl2N2O2/c1-3-23-20(26)14(2)24(13-15-7-5-4-6-8-15)19(25)11-16-9-10-17(21)12-18(16)22/h4-10,12,14H,3,11,13H2,1-2H3,(H,23,26)/t14-/m1/s1. The molecule has 138 valence electrons. The van der Waals surface area contributed by atoms with E-state index in [0.717, 1.165) is 5.56 Å². The van der Waals surface area contributed by atoms with Crippen molar-refractivity contribution in [1.29, 1.82) is 0 Å². The Morgan fingerprint density at radius 1 is 1.12 bits per heavy atom. The summed E-state index contributed by atoms with van der Waals surface area (Å²) >= 11 is 12.1. The predicted molar refractivity (Wildman–Crippen MR) is 105 cm³/mol. The summed E-state index contributed by atoms with van der Waals surface area (Å²) < 4.78 is 0. The maximum absolute atomic E-state index is 13.0. The molecule has 0 saturated carbocycles. The Labute approximate surface area is 164 Å². The number of hydrogen-bond acceptors (Lipinski definition) is 2. The van der Waals surface area contributed by atoms with Crippen LogP contribution in [0.1, 0.15) is 25.0 Å². The van der Waals surface area contributed by atoms with Gasteiger partial charge >= 0.3 is 0 Å². The lowest BCUT2D eigenvalue weighted by molar-refractivity contribution is -0.140. The highest BCUT2D eigenvalue weighted by Gasteiger charge is 2.26. The zero-order chi connectivity index (χ0) is 19.1. The third kappa shape index (κ3) is 5.48. The summed E-state index contributed by atoms with van der Waals surface area (Å²) in [6, 6.07) is 14.0. The fourth-order valence-corrected chi connectivity index (χ4v) is 3.09. The first kappa shape index (κ1) is 20.3. The van der Waals surface area contributed by atoms with E-state index in [1.54, 1.807) is 30.0 Å². The normalized spacial score (nSPS) is 11.7. The Hall–Kier alpha value is -2.04. The molecule has 0 aliphatic rings. The van der Waals surface area contributed by atoms with Gasteiger partial charge in [0.1, 0.15) is 6.04 Å². The van der Waals surface area contributed by atoms with E-state index in [4.69, 9.17) is 23.2 Å². The summed E-state index contributed by atoms with van der Waals surface area (Å²) in [6.45, 7) is 4.44. The number of carbonyl (C=O) groups is 2. The highest BCUT2D eigenvalue weighted by Crippen LogP contribution is 2.22. The number of benzene rings is 2. The van der Waals surface area contributed by atoms with Crippen molar-refractivity contribution in [3.63, 3.8) is 0 Å². The second kappa shape index (κ2) is 9.60. The Balaban J connectivity index is 2.23. The Kier molecular flexibility index (Phi) is 7.49. The van der Waals surface area contributed by atoms with Crippen molar-refractivity contribution >= 4 is 35.0 Å². The van der Waals surface area contributed by atoms with E-state index in [0.29, 0.717) is 28.7 Å². The molecule has 4 nitrogen and oxygen atoms in total. The van der Waals surface area contributed by atoms with E-state index in [1.807, 2.05) is 37.3 Å². The van der Waals surface area contributed by atoms with Gasteiger partial charge in [-0.3, -0.25) is 9.59 Å². The average Bonchev–Trinajstić information content (AvgIpc) is 2.62. The second-order valence-electron chi connectivity index (χ2n) is 5.99. The van der Waals surface area contributed by atoms with Crippen LogP contribution in [0.15, 0.2) is 48.5 Å². The van der Waals surface area contributed by atoms with Crippen LogP contribution in [0, 0.1) is 0 Å². The highest BCUT2D eigenvalue weighted by molar-refractivity contribution is 6.35.